The highest BCUT2D eigenvalue weighted by molar-refractivity contribution is 6.62. The first kappa shape index (κ1) is 18.5. The van der Waals surface area contributed by atoms with Gasteiger partial charge in [-0.1, -0.05) is 31.2 Å². The zero-order valence-electron chi connectivity index (χ0n) is 16.2. The fourth-order valence-corrected chi connectivity index (χ4v) is 3.59. The molecular weight excluding hydrogens is 313 g/mol. The molecule has 0 bridgehead atoms. The zero-order chi connectivity index (χ0) is 18.2. The Hall–Kier alpha value is -1.33. The smallest absolute Gasteiger partial charge is 0.399 e. The van der Waals surface area contributed by atoms with Gasteiger partial charge in [0.2, 0.25) is 5.91 Å². The molecule has 2 heterocycles. The minimum Gasteiger partial charge on any atom is -0.399 e. The first-order valence-electron chi connectivity index (χ1n) is 9.47. The van der Waals surface area contributed by atoms with Crippen LogP contribution in [-0.4, -0.2) is 42.2 Å². The predicted octanol–water partition coefficient (Wildman–Crippen LogP) is 3.10. The van der Waals surface area contributed by atoms with Crippen LogP contribution in [-0.2, 0) is 14.1 Å². The molecule has 3 rings (SSSR count). The van der Waals surface area contributed by atoms with E-state index in [-0.39, 0.29) is 24.2 Å². The van der Waals surface area contributed by atoms with Crippen molar-refractivity contribution >= 4 is 18.5 Å². The van der Waals surface area contributed by atoms with Crippen LogP contribution in [0.3, 0.4) is 0 Å². The van der Waals surface area contributed by atoms with Crippen LogP contribution in [0.25, 0.3) is 0 Å². The highest BCUT2D eigenvalue weighted by Gasteiger charge is 2.51. The van der Waals surface area contributed by atoms with E-state index in [0.717, 1.165) is 31.4 Å². The fraction of sp³-hybridized carbons (Fsp3) is 0.650. The lowest BCUT2D eigenvalue weighted by atomic mass is 9.77. The SMILES string of the molecule is CCC(=O)N1CCC(c2ccc(B3OC(C)(C)C(C)(C)O3)cc2)CC1. The predicted molar refractivity (Wildman–Crippen MR) is 101 cm³/mol. The van der Waals surface area contributed by atoms with Crippen molar-refractivity contribution in [2.45, 2.75) is 71.0 Å². The molecule has 0 radical (unpaired) electrons. The third-order valence-corrected chi connectivity index (χ3v) is 6.08. The van der Waals surface area contributed by atoms with Crippen LogP contribution in [0, 0.1) is 0 Å². The van der Waals surface area contributed by atoms with Gasteiger partial charge < -0.3 is 14.2 Å². The summed E-state index contributed by atoms with van der Waals surface area (Å²) >= 11 is 0. The van der Waals surface area contributed by atoms with Gasteiger partial charge in [0, 0.05) is 19.5 Å². The third-order valence-electron chi connectivity index (χ3n) is 6.08. The van der Waals surface area contributed by atoms with Crippen molar-refractivity contribution in [3.63, 3.8) is 0 Å². The molecule has 0 aliphatic carbocycles. The second-order valence-corrected chi connectivity index (χ2v) is 8.26. The van der Waals surface area contributed by atoms with Gasteiger partial charge in [0.25, 0.3) is 0 Å². The molecule has 1 aromatic carbocycles. The molecule has 4 nitrogen and oxygen atoms in total. The van der Waals surface area contributed by atoms with E-state index in [2.05, 4.69) is 52.0 Å². The Bertz CT molecular complexity index is 602. The van der Waals surface area contributed by atoms with Crippen molar-refractivity contribution in [1.82, 2.24) is 4.90 Å². The first-order valence-corrected chi connectivity index (χ1v) is 9.47. The maximum absolute atomic E-state index is 11.8. The summed E-state index contributed by atoms with van der Waals surface area (Å²) in [5, 5.41) is 0. The number of nitrogens with zero attached hydrogens (tertiary/aromatic N) is 1. The summed E-state index contributed by atoms with van der Waals surface area (Å²) in [5.41, 5.74) is 1.80. The van der Waals surface area contributed by atoms with Crippen molar-refractivity contribution < 1.29 is 14.1 Å². The zero-order valence-corrected chi connectivity index (χ0v) is 16.2. The quantitative estimate of drug-likeness (QED) is 0.792. The van der Waals surface area contributed by atoms with Crippen molar-refractivity contribution in [3.05, 3.63) is 29.8 Å². The third kappa shape index (κ3) is 3.63. The fourth-order valence-electron chi connectivity index (χ4n) is 3.59. The molecule has 2 saturated heterocycles. The van der Waals surface area contributed by atoms with Gasteiger partial charge in [-0.05, 0) is 57.5 Å². The highest BCUT2D eigenvalue weighted by atomic mass is 16.7. The molecule has 5 heteroatoms. The van der Waals surface area contributed by atoms with Crippen LogP contribution in [0.4, 0.5) is 0 Å². The molecule has 0 unspecified atom stereocenters. The monoisotopic (exact) mass is 343 g/mol. The Balaban J connectivity index is 1.63. The molecule has 2 aliphatic heterocycles. The van der Waals surface area contributed by atoms with E-state index in [4.69, 9.17) is 9.31 Å². The number of piperidine rings is 1. The lowest BCUT2D eigenvalue weighted by molar-refractivity contribution is -0.131. The lowest BCUT2D eigenvalue weighted by Gasteiger charge is -2.32. The Morgan fingerprint density at radius 3 is 2.08 bits per heavy atom. The molecule has 2 aliphatic rings. The molecule has 0 spiro atoms. The van der Waals surface area contributed by atoms with E-state index in [1.807, 2.05) is 11.8 Å². The molecule has 25 heavy (non-hydrogen) atoms. The number of benzene rings is 1. The maximum atomic E-state index is 11.8. The van der Waals surface area contributed by atoms with Crippen LogP contribution in [0.15, 0.2) is 24.3 Å². The molecule has 0 N–H and O–H groups in total. The minimum absolute atomic E-state index is 0.273. The van der Waals surface area contributed by atoms with Crippen LogP contribution in [0.2, 0.25) is 0 Å². The summed E-state index contributed by atoms with van der Waals surface area (Å²) in [6, 6.07) is 8.65. The lowest BCUT2D eigenvalue weighted by Crippen LogP contribution is -2.41. The second-order valence-electron chi connectivity index (χ2n) is 8.26. The van der Waals surface area contributed by atoms with Crippen LogP contribution in [0.1, 0.15) is 65.4 Å². The van der Waals surface area contributed by atoms with Gasteiger partial charge in [-0.15, -0.1) is 0 Å². The standard InChI is InChI=1S/C20H30BNO3/c1-6-18(23)22-13-11-16(12-14-22)15-7-9-17(10-8-15)21-24-19(2,3)20(4,5)25-21/h7-10,16H,6,11-14H2,1-5H3. The second kappa shape index (κ2) is 6.77. The summed E-state index contributed by atoms with van der Waals surface area (Å²) in [6.45, 7) is 12.0. The van der Waals surface area contributed by atoms with E-state index in [0.29, 0.717) is 12.3 Å². The number of hydrogen-bond acceptors (Lipinski definition) is 3. The van der Waals surface area contributed by atoms with E-state index in [1.54, 1.807) is 0 Å². The van der Waals surface area contributed by atoms with Gasteiger partial charge in [-0.2, -0.15) is 0 Å². The molecule has 0 aromatic heterocycles. The first-order chi connectivity index (χ1) is 11.7. The Labute approximate surface area is 152 Å². The topological polar surface area (TPSA) is 38.8 Å². The summed E-state index contributed by atoms with van der Waals surface area (Å²) in [6.07, 6.45) is 2.69. The number of rotatable bonds is 3. The van der Waals surface area contributed by atoms with Crippen molar-refractivity contribution in [2.75, 3.05) is 13.1 Å². The molecule has 1 amide bonds. The highest BCUT2D eigenvalue weighted by Crippen LogP contribution is 2.36. The van der Waals surface area contributed by atoms with Gasteiger partial charge >= 0.3 is 7.12 Å². The number of carbonyl (C=O) groups excluding carboxylic acids is 1. The minimum atomic E-state index is -0.311. The van der Waals surface area contributed by atoms with Gasteiger partial charge in [0.15, 0.2) is 0 Å². The van der Waals surface area contributed by atoms with E-state index < -0.39 is 0 Å². The largest absolute Gasteiger partial charge is 0.494 e. The normalized spacial score (nSPS) is 23.1. The van der Waals surface area contributed by atoms with E-state index >= 15 is 0 Å². The van der Waals surface area contributed by atoms with Gasteiger partial charge in [0.05, 0.1) is 11.2 Å². The number of amides is 1. The summed E-state index contributed by atoms with van der Waals surface area (Å²) < 4.78 is 12.2. The number of hydrogen-bond donors (Lipinski definition) is 0. The molecule has 0 saturated carbocycles. The molecule has 136 valence electrons. The summed E-state index contributed by atoms with van der Waals surface area (Å²) in [7, 11) is -0.303. The van der Waals surface area contributed by atoms with Crippen LogP contribution < -0.4 is 5.46 Å². The summed E-state index contributed by atoms with van der Waals surface area (Å²) in [4.78, 5) is 13.8. The Morgan fingerprint density at radius 1 is 1.08 bits per heavy atom. The average molecular weight is 343 g/mol. The molecule has 1 aromatic rings. The Kier molecular flexibility index (Phi) is 5.00. The number of carbonyl (C=O) groups is 1. The van der Waals surface area contributed by atoms with Crippen molar-refractivity contribution in [1.29, 1.82) is 0 Å². The van der Waals surface area contributed by atoms with Crippen molar-refractivity contribution in [3.8, 4) is 0 Å². The van der Waals surface area contributed by atoms with Crippen molar-refractivity contribution in [2.24, 2.45) is 0 Å². The summed E-state index contributed by atoms with van der Waals surface area (Å²) in [5.74, 6) is 0.808. The van der Waals surface area contributed by atoms with E-state index in [1.165, 1.54) is 5.56 Å². The van der Waals surface area contributed by atoms with Crippen LogP contribution >= 0.6 is 0 Å². The molecule has 0 atom stereocenters. The maximum Gasteiger partial charge on any atom is 0.494 e. The molecular formula is C20H30BNO3. The van der Waals surface area contributed by atoms with Gasteiger partial charge in [-0.3, -0.25) is 4.79 Å². The van der Waals surface area contributed by atoms with E-state index in [9.17, 15) is 4.79 Å². The van der Waals surface area contributed by atoms with Gasteiger partial charge in [0.1, 0.15) is 0 Å². The van der Waals surface area contributed by atoms with Gasteiger partial charge in [-0.25, -0.2) is 0 Å². The average Bonchev–Trinajstić information content (AvgIpc) is 2.82. The number of likely N-dealkylation sites (tertiary alicyclic amines) is 1. The van der Waals surface area contributed by atoms with Crippen LogP contribution in [0.5, 0.6) is 0 Å². The Morgan fingerprint density at radius 2 is 1.60 bits per heavy atom. The molecule has 2 fully saturated rings.